The molecule has 0 spiro atoms. The largest absolute Gasteiger partial charge is 0.493 e. The quantitative estimate of drug-likeness (QED) is 0.714. The Morgan fingerprint density at radius 2 is 1.96 bits per heavy atom. The van der Waals surface area contributed by atoms with E-state index in [1.54, 1.807) is 12.1 Å². The van der Waals surface area contributed by atoms with Crippen LogP contribution in [0.25, 0.3) is 0 Å². The van der Waals surface area contributed by atoms with Crippen LogP contribution >= 0.6 is 0 Å². The molecule has 1 heterocycles. The normalized spacial score (nSPS) is 17.1. The summed E-state index contributed by atoms with van der Waals surface area (Å²) in [6.45, 7) is 0.163. The number of nitrogens with zero attached hydrogens (tertiary/aromatic N) is 1. The zero-order chi connectivity index (χ0) is 17.0. The standard InChI is InChI=1S/C15H18N2O6/c1-22-11-4-3-9(7-12(11)23-2)5-6-17-14(20)10(8-13(18)19)16-15(17)21/h3-4,7,10H,5-6,8H2,1-2H3,(H,16,21)(H,18,19)/t10-/m0/s1. The Morgan fingerprint density at radius 3 is 2.57 bits per heavy atom. The number of rotatable bonds is 7. The summed E-state index contributed by atoms with van der Waals surface area (Å²) in [4.78, 5) is 35.5. The summed E-state index contributed by atoms with van der Waals surface area (Å²) in [5, 5.41) is 11.1. The van der Waals surface area contributed by atoms with Crippen LogP contribution in [-0.2, 0) is 16.0 Å². The van der Waals surface area contributed by atoms with Gasteiger partial charge in [-0.25, -0.2) is 4.79 Å². The second-order valence-electron chi connectivity index (χ2n) is 5.03. The number of hydrogen-bond acceptors (Lipinski definition) is 5. The molecule has 1 aliphatic heterocycles. The number of carboxylic acid groups (broad SMARTS) is 1. The van der Waals surface area contributed by atoms with E-state index in [1.165, 1.54) is 14.2 Å². The molecule has 8 heteroatoms. The van der Waals surface area contributed by atoms with Crippen molar-refractivity contribution in [1.82, 2.24) is 10.2 Å². The Labute approximate surface area is 133 Å². The number of hydrogen-bond donors (Lipinski definition) is 2. The molecule has 23 heavy (non-hydrogen) atoms. The summed E-state index contributed by atoms with van der Waals surface area (Å²) >= 11 is 0. The van der Waals surface area contributed by atoms with Crippen molar-refractivity contribution in [2.45, 2.75) is 18.9 Å². The number of imide groups is 1. The Hall–Kier alpha value is -2.77. The Morgan fingerprint density at radius 1 is 1.26 bits per heavy atom. The van der Waals surface area contributed by atoms with E-state index >= 15 is 0 Å². The van der Waals surface area contributed by atoms with Crippen molar-refractivity contribution in [2.24, 2.45) is 0 Å². The molecule has 2 N–H and O–H groups in total. The highest BCUT2D eigenvalue weighted by atomic mass is 16.5. The van der Waals surface area contributed by atoms with E-state index in [1.807, 2.05) is 6.07 Å². The lowest BCUT2D eigenvalue weighted by Crippen LogP contribution is -2.34. The minimum Gasteiger partial charge on any atom is -0.493 e. The third kappa shape index (κ3) is 3.71. The number of carbonyl (C=O) groups is 3. The number of methoxy groups -OCH3 is 2. The molecule has 1 aromatic carbocycles. The second-order valence-corrected chi connectivity index (χ2v) is 5.03. The van der Waals surface area contributed by atoms with E-state index in [9.17, 15) is 14.4 Å². The Balaban J connectivity index is 2.02. The van der Waals surface area contributed by atoms with Gasteiger partial charge in [0.2, 0.25) is 0 Å². The summed E-state index contributed by atoms with van der Waals surface area (Å²) in [5.41, 5.74) is 0.866. The lowest BCUT2D eigenvalue weighted by atomic mass is 10.1. The molecule has 3 amide bonds. The van der Waals surface area contributed by atoms with Gasteiger partial charge in [-0.15, -0.1) is 0 Å². The summed E-state index contributed by atoms with van der Waals surface area (Å²) in [5.74, 6) is -0.498. The average molecular weight is 322 g/mol. The van der Waals surface area contributed by atoms with Crippen LogP contribution in [0.2, 0.25) is 0 Å². The van der Waals surface area contributed by atoms with Gasteiger partial charge in [-0.1, -0.05) is 6.07 Å². The lowest BCUT2D eigenvalue weighted by Gasteiger charge is -2.14. The third-order valence-electron chi connectivity index (χ3n) is 3.56. The SMILES string of the molecule is COc1ccc(CCN2C(=O)N[C@@H](CC(=O)O)C2=O)cc1OC. The molecule has 124 valence electrons. The molecule has 0 radical (unpaired) electrons. The summed E-state index contributed by atoms with van der Waals surface area (Å²) in [6.07, 6.45) is 0.0107. The first-order valence-electron chi connectivity index (χ1n) is 7.00. The predicted octanol–water partition coefficient (Wildman–Crippen LogP) is 0.641. The van der Waals surface area contributed by atoms with Gasteiger partial charge in [-0.3, -0.25) is 14.5 Å². The van der Waals surface area contributed by atoms with Crippen LogP contribution in [0, 0.1) is 0 Å². The van der Waals surface area contributed by atoms with Crippen molar-refractivity contribution in [3.05, 3.63) is 23.8 Å². The van der Waals surface area contributed by atoms with Gasteiger partial charge in [0.1, 0.15) is 6.04 Å². The predicted molar refractivity (Wildman–Crippen MR) is 79.5 cm³/mol. The maximum absolute atomic E-state index is 12.0. The fourth-order valence-electron chi connectivity index (χ4n) is 2.38. The third-order valence-corrected chi connectivity index (χ3v) is 3.56. The number of ether oxygens (including phenoxy) is 2. The van der Waals surface area contributed by atoms with Gasteiger partial charge in [0, 0.05) is 6.54 Å². The highest BCUT2D eigenvalue weighted by Gasteiger charge is 2.38. The van der Waals surface area contributed by atoms with E-state index < -0.39 is 30.4 Å². The van der Waals surface area contributed by atoms with E-state index in [-0.39, 0.29) is 6.54 Å². The minimum absolute atomic E-state index is 0.163. The first-order valence-corrected chi connectivity index (χ1v) is 7.00. The summed E-state index contributed by atoms with van der Waals surface area (Å²) in [6, 6.07) is 3.76. The number of aliphatic carboxylic acids is 1. The van der Waals surface area contributed by atoms with Crippen molar-refractivity contribution in [2.75, 3.05) is 20.8 Å². The average Bonchev–Trinajstić information content (AvgIpc) is 2.78. The van der Waals surface area contributed by atoms with Crippen molar-refractivity contribution in [1.29, 1.82) is 0 Å². The molecule has 1 saturated heterocycles. The van der Waals surface area contributed by atoms with Crippen LogP contribution in [0.1, 0.15) is 12.0 Å². The highest BCUT2D eigenvalue weighted by molar-refractivity contribution is 6.05. The molecule has 1 aromatic rings. The number of benzene rings is 1. The van der Waals surface area contributed by atoms with Crippen molar-refractivity contribution < 1.29 is 29.0 Å². The van der Waals surface area contributed by atoms with E-state index in [4.69, 9.17) is 14.6 Å². The number of nitrogens with one attached hydrogen (secondary N) is 1. The van der Waals surface area contributed by atoms with Crippen LogP contribution in [0.3, 0.4) is 0 Å². The van der Waals surface area contributed by atoms with Crippen LogP contribution in [0.5, 0.6) is 11.5 Å². The molecule has 0 aliphatic carbocycles. The number of urea groups is 1. The van der Waals surface area contributed by atoms with Crippen molar-refractivity contribution >= 4 is 17.9 Å². The molecule has 1 fully saturated rings. The molecular weight excluding hydrogens is 304 g/mol. The molecule has 2 rings (SSSR count). The zero-order valence-corrected chi connectivity index (χ0v) is 12.9. The van der Waals surface area contributed by atoms with Crippen molar-refractivity contribution in [3.63, 3.8) is 0 Å². The second kappa shape index (κ2) is 6.99. The topological polar surface area (TPSA) is 105 Å². The van der Waals surface area contributed by atoms with E-state index in [0.29, 0.717) is 17.9 Å². The fourth-order valence-corrected chi connectivity index (χ4v) is 2.38. The molecular formula is C15H18N2O6. The maximum Gasteiger partial charge on any atom is 0.324 e. The van der Waals surface area contributed by atoms with Crippen LogP contribution < -0.4 is 14.8 Å². The molecule has 0 saturated carbocycles. The first-order chi connectivity index (χ1) is 11.0. The maximum atomic E-state index is 12.0. The lowest BCUT2D eigenvalue weighted by molar-refractivity contribution is -0.140. The van der Waals surface area contributed by atoms with Gasteiger partial charge in [0.25, 0.3) is 5.91 Å². The number of carboxylic acids is 1. The van der Waals surface area contributed by atoms with E-state index in [0.717, 1.165) is 10.5 Å². The monoisotopic (exact) mass is 322 g/mol. The van der Waals surface area contributed by atoms with Crippen LogP contribution in [0.4, 0.5) is 4.79 Å². The Bertz CT molecular complexity index is 630. The van der Waals surface area contributed by atoms with Gasteiger partial charge in [-0.2, -0.15) is 0 Å². The minimum atomic E-state index is -1.13. The molecule has 0 aromatic heterocycles. The highest BCUT2D eigenvalue weighted by Crippen LogP contribution is 2.27. The first kappa shape index (κ1) is 16.6. The van der Waals surface area contributed by atoms with Gasteiger partial charge in [0.05, 0.1) is 20.6 Å². The molecule has 1 atom stereocenters. The van der Waals surface area contributed by atoms with Crippen molar-refractivity contribution in [3.8, 4) is 11.5 Å². The van der Waals surface area contributed by atoms with E-state index in [2.05, 4.69) is 5.32 Å². The van der Waals surface area contributed by atoms with Crippen LogP contribution in [-0.4, -0.2) is 54.7 Å². The Kier molecular flexibility index (Phi) is 5.05. The summed E-state index contributed by atoms with van der Waals surface area (Å²) in [7, 11) is 3.06. The molecule has 0 unspecified atom stereocenters. The van der Waals surface area contributed by atoms with Gasteiger partial charge in [-0.05, 0) is 24.1 Å². The molecule has 0 bridgehead atoms. The number of carbonyl (C=O) groups excluding carboxylic acids is 2. The molecule has 1 aliphatic rings. The van der Waals surface area contributed by atoms with Gasteiger partial charge < -0.3 is 19.9 Å². The van der Waals surface area contributed by atoms with Crippen LogP contribution in [0.15, 0.2) is 18.2 Å². The van der Waals surface area contributed by atoms with Gasteiger partial charge >= 0.3 is 12.0 Å². The zero-order valence-electron chi connectivity index (χ0n) is 12.9. The fraction of sp³-hybridized carbons (Fsp3) is 0.400. The van der Waals surface area contributed by atoms with Gasteiger partial charge in [0.15, 0.2) is 11.5 Å². The number of amides is 3. The molecule has 8 nitrogen and oxygen atoms in total. The smallest absolute Gasteiger partial charge is 0.324 e. The summed E-state index contributed by atoms with van der Waals surface area (Å²) < 4.78 is 10.3.